The first kappa shape index (κ1) is 15.7. The fourth-order valence-electron chi connectivity index (χ4n) is 2.96. The van der Waals surface area contributed by atoms with Gasteiger partial charge in [-0.3, -0.25) is 9.69 Å². The molecule has 0 saturated carbocycles. The summed E-state index contributed by atoms with van der Waals surface area (Å²) in [6.45, 7) is 9.06. The topological polar surface area (TPSA) is 62.2 Å². The Morgan fingerprint density at radius 3 is 2.85 bits per heavy atom. The average Bonchev–Trinajstić information content (AvgIpc) is 2.37. The second-order valence-corrected chi connectivity index (χ2v) is 5.78. The minimum atomic E-state index is -0.355. The fraction of sp³-hybridized carbons (Fsp3) is 0.929. The predicted molar refractivity (Wildman–Crippen MR) is 74.5 cm³/mol. The van der Waals surface area contributed by atoms with Crippen LogP contribution in [0.2, 0.25) is 0 Å². The molecular weight excluding hydrogens is 260 g/mol. The third-order valence-electron chi connectivity index (χ3n) is 3.99. The maximum Gasteiger partial charge on any atom is 0.219 e. The molecule has 116 valence electrons. The Morgan fingerprint density at radius 1 is 1.45 bits per heavy atom. The van der Waals surface area contributed by atoms with Gasteiger partial charge >= 0.3 is 0 Å². The van der Waals surface area contributed by atoms with Crippen LogP contribution >= 0.6 is 0 Å². The lowest BCUT2D eigenvalue weighted by molar-refractivity contribution is -0.191. The monoisotopic (exact) mass is 286 g/mol. The van der Waals surface area contributed by atoms with Crippen molar-refractivity contribution >= 4 is 5.91 Å². The van der Waals surface area contributed by atoms with Crippen LogP contribution in [0.5, 0.6) is 0 Å². The molecule has 6 heteroatoms. The summed E-state index contributed by atoms with van der Waals surface area (Å²) >= 11 is 0. The van der Waals surface area contributed by atoms with Crippen molar-refractivity contribution in [3.63, 3.8) is 0 Å². The van der Waals surface area contributed by atoms with Gasteiger partial charge in [-0.25, -0.2) is 0 Å². The number of carbonyl (C=O) groups excluding carboxylic acids is 1. The molecule has 0 aromatic rings. The van der Waals surface area contributed by atoms with E-state index in [0.29, 0.717) is 45.9 Å². The van der Waals surface area contributed by atoms with Gasteiger partial charge in [-0.1, -0.05) is 0 Å². The maximum absolute atomic E-state index is 11.4. The van der Waals surface area contributed by atoms with Gasteiger partial charge in [0, 0.05) is 46.3 Å². The van der Waals surface area contributed by atoms with Crippen LogP contribution in [-0.2, 0) is 14.3 Å². The zero-order valence-electron chi connectivity index (χ0n) is 12.5. The first-order valence-corrected chi connectivity index (χ1v) is 7.42. The summed E-state index contributed by atoms with van der Waals surface area (Å²) in [6.07, 6.45) is 0.309. The molecule has 0 radical (unpaired) electrons. The molecule has 1 unspecified atom stereocenters. The SMILES string of the molecule is CCOCCC(O)CN1CC2(C1)CN(C(C)=O)CCO2. The Balaban J connectivity index is 1.69. The molecule has 1 amide bonds. The lowest BCUT2D eigenvalue weighted by Gasteiger charge is -2.54. The van der Waals surface area contributed by atoms with Crippen LogP contribution in [0.1, 0.15) is 20.3 Å². The Kier molecular flexibility index (Phi) is 5.37. The summed E-state index contributed by atoms with van der Waals surface area (Å²) in [7, 11) is 0. The summed E-state index contributed by atoms with van der Waals surface area (Å²) < 4.78 is 11.1. The summed E-state index contributed by atoms with van der Waals surface area (Å²) in [5.74, 6) is 0.114. The smallest absolute Gasteiger partial charge is 0.219 e. The summed E-state index contributed by atoms with van der Waals surface area (Å²) in [5.41, 5.74) is -0.205. The Labute approximate surface area is 120 Å². The number of β-amino-alcohol motifs (C(OH)–C–C–N with tert-alkyl or cyclic N) is 1. The van der Waals surface area contributed by atoms with Crippen molar-refractivity contribution in [1.29, 1.82) is 0 Å². The standard InChI is InChI=1S/C14H26N2O4/c1-3-19-6-4-13(18)8-15-9-14(10-15)11-16(12(2)17)5-7-20-14/h13,18H,3-11H2,1-2H3. The van der Waals surface area contributed by atoms with Gasteiger partial charge in [-0.2, -0.15) is 0 Å². The van der Waals surface area contributed by atoms with Crippen LogP contribution in [-0.4, -0.2) is 85.1 Å². The van der Waals surface area contributed by atoms with Gasteiger partial charge in [0.25, 0.3) is 0 Å². The molecule has 2 heterocycles. The molecule has 1 spiro atoms. The summed E-state index contributed by atoms with van der Waals surface area (Å²) in [5, 5.41) is 9.91. The third-order valence-corrected chi connectivity index (χ3v) is 3.99. The van der Waals surface area contributed by atoms with Gasteiger partial charge in [0.2, 0.25) is 5.91 Å². The zero-order valence-corrected chi connectivity index (χ0v) is 12.5. The van der Waals surface area contributed by atoms with E-state index in [9.17, 15) is 9.90 Å². The Morgan fingerprint density at radius 2 is 2.20 bits per heavy atom. The molecule has 0 aromatic carbocycles. The lowest BCUT2D eigenvalue weighted by atomic mass is 9.91. The van der Waals surface area contributed by atoms with E-state index in [2.05, 4.69) is 4.90 Å². The van der Waals surface area contributed by atoms with Crippen LogP contribution in [0.15, 0.2) is 0 Å². The highest BCUT2D eigenvalue weighted by molar-refractivity contribution is 5.73. The van der Waals surface area contributed by atoms with Crippen LogP contribution in [0, 0.1) is 0 Å². The van der Waals surface area contributed by atoms with Crippen LogP contribution < -0.4 is 0 Å². The van der Waals surface area contributed by atoms with Gasteiger partial charge in [-0.15, -0.1) is 0 Å². The minimum Gasteiger partial charge on any atom is -0.392 e. The van der Waals surface area contributed by atoms with E-state index < -0.39 is 0 Å². The van der Waals surface area contributed by atoms with Gasteiger partial charge in [-0.05, 0) is 13.3 Å². The number of nitrogens with zero attached hydrogens (tertiary/aromatic N) is 2. The first-order valence-electron chi connectivity index (χ1n) is 7.42. The van der Waals surface area contributed by atoms with Crippen LogP contribution in [0.4, 0.5) is 0 Å². The highest BCUT2D eigenvalue weighted by Crippen LogP contribution is 2.29. The molecule has 6 nitrogen and oxygen atoms in total. The molecular formula is C14H26N2O4. The van der Waals surface area contributed by atoms with E-state index in [1.54, 1.807) is 6.92 Å². The van der Waals surface area contributed by atoms with Gasteiger partial charge in [0.15, 0.2) is 0 Å². The molecule has 20 heavy (non-hydrogen) atoms. The van der Waals surface area contributed by atoms with Crippen LogP contribution in [0.25, 0.3) is 0 Å². The largest absolute Gasteiger partial charge is 0.392 e. The Bertz CT molecular complexity index is 331. The second-order valence-electron chi connectivity index (χ2n) is 5.78. The first-order chi connectivity index (χ1) is 9.54. The van der Waals surface area contributed by atoms with Crippen molar-refractivity contribution in [2.45, 2.75) is 32.0 Å². The lowest BCUT2D eigenvalue weighted by Crippen LogP contribution is -2.71. The number of hydrogen-bond acceptors (Lipinski definition) is 5. The average molecular weight is 286 g/mol. The highest BCUT2D eigenvalue weighted by atomic mass is 16.5. The molecule has 2 saturated heterocycles. The van der Waals surface area contributed by atoms with E-state index >= 15 is 0 Å². The van der Waals surface area contributed by atoms with E-state index in [1.165, 1.54) is 0 Å². The normalized spacial score (nSPS) is 23.6. The van der Waals surface area contributed by atoms with E-state index in [0.717, 1.165) is 13.1 Å². The predicted octanol–water partition coefficient (Wildman–Crippen LogP) is -0.293. The second kappa shape index (κ2) is 6.85. The Hall–Kier alpha value is -0.690. The van der Waals surface area contributed by atoms with Crippen molar-refractivity contribution < 1.29 is 19.4 Å². The summed E-state index contributed by atoms with van der Waals surface area (Å²) in [4.78, 5) is 15.5. The maximum atomic E-state index is 11.4. The molecule has 1 N–H and O–H groups in total. The van der Waals surface area contributed by atoms with Crippen LogP contribution in [0.3, 0.4) is 0 Å². The quantitative estimate of drug-likeness (QED) is 0.680. The number of hydrogen-bond donors (Lipinski definition) is 1. The number of carbonyl (C=O) groups is 1. The van der Waals surface area contributed by atoms with Gasteiger partial charge in [0.05, 0.1) is 19.3 Å². The van der Waals surface area contributed by atoms with Gasteiger partial charge in [0.1, 0.15) is 5.60 Å². The number of aliphatic hydroxyl groups is 1. The molecule has 2 rings (SSSR count). The molecule has 0 aliphatic carbocycles. The molecule has 0 bridgehead atoms. The molecule has 2 aliphatic heterocycles. The number of ether oxygens (including phenoxy) is 2. The van der Waals surface area contributed by atoms with Crippen molar-refractivity contribution in [2.24, 2.45) is 0 Å². The van der Waals surface area contributed by atoms with Gasteiger partial charge < -0.3 is 19.5 Å². The van der Waals surface area contributed by atoms with E-state index in [4.69, 9.17) is 9.47 Å². The van der Waals surface area contributed by atoms with E-state index in [1.807, 2.05) is 11.8 Å². The summed E-state index contributed by atoms with van der Waals surface area (Å²) in [6, 6.07) is 0. The van der Waals surface area contributed by atoms with Crippen molar-refractivity contribution in [3.05, 3.63) is 0 Å². The number of amides is 1. The fourth-order valence-corrected chi connectivity index (χ4v) is 2.96. The number of rotatable bonds is 6. The van der Waals surface area contributed by atoms with E-state index in [-0.39, 0.29) is 17.6 Å². The molecule has 2 aliphatic rings. The number of likely N-dealkylation sites (tertiary alicyclic amines) is 1. The van der Waals surface area contributed by atoms with Crippen molar-refractivity contribution in [1.82, 2.24) is 9.80 Å². The van der Waals surface area contributed by atoms with Crippen molar-refractivity contribution in [3.8, 4) is 0 Å². The number of morpholine rings is 1. The van der Waals surface area contributed by atoms with Crippen molar-refractivity contribution in [2.75, 3.05) is 52.5 Å². The molecule has 1 atom stereocenters. The minimum absolute atomic E-state index is 0.114. The molecule has 0 aromatic heterocycles. The highest BCUT2D eigenvalue weighted by Gasteiger charge is 2.47. The number of aliphatic hydroxyl groups excluding tert-OH is 1. The zero-order chi connectivity index (χ0) is 14.6. The third kappa shape index (κ3) is 3.91. The molecule has 2 fully saturated rings.